The molecule has 0 bridgehead atoms. The topological polar surface area (TPSA) is 98.5 Å². The van der Waals surface area contributed by atoms with Crippen LogP contribution < -0.4 is 11.1 Å². The number of hydrogen-bond acceptors (Lipinski definition) is 4. The third-order valence-corrected chi connectivity index (χ3v) is 5.30. The van der Waals surface area contributed by atoms with Gasteiger partial charge in [0.25, 0.3) is 0 Å². The average molecular weight is 394 g/mol. The van der Waals surface area contributed by atoms with Crippen molar-refractivity contribution in [2.75, 3.05) is 6.61 Å². The molecule has 3 rings (SSSR count). The third-order valence-electron chi connectivity index (χ3n) is 5.30. The first kappa shape index (κ1) is 20.6. The van der Waals surface area contributed by atoms with Gasteiger partial charge in [0.1, 0.15) is 0 Å². The Balaban J connectivity index is 1.50. The Morgan fingerprint density at radius 3 is 2.14 bits per heavy atom. The highest BCUT2D eigenvalue weighted by Gasteiger charge is 2.16. The molecule has 1 aliphatic carbocycles. The van der Waals surface area contributed by atoms with Gasteiger partial charge < -0.3 is 15.8 Å². The number of benzene rings is 2. The zero-order valence-corrected chi connectivity index (χ0v) is 16.4. The molecule has 0 saturated heterocycles. The number of urea groups is 1. The van der Waals surface area contributed by atoms with Crippen LogP contribution in [0.15, 0.2) is 48.5 Å². The van der Waals surface area contributed by atoms with Gasteiger partial charge in [0.15, 0.2) is 12.4 Å². The Kier molecular flexibility index (Phi) is 7.00. The van der Waals surface area contributed by atoms with Crippen molar-refractivity contribution < 1.29 is 19.1 Å². The van der Waals surface area contributed by atoms with Gasteiger partial charge in [-0.2, -0.15) is 0 Å². The Bertz CT molecular complexity index is 853. The summed E-state index contributed by atoms with van der Waals surface area (Å²) in [5, 5.41) is 2.47. The van der Waals surface area contributed by atoms with Gasteiger partial charge in [0.2, 0.25) is 0 Å². The van der Waals surface area contributed by atoms with Crippen molar-refractivity contribution in [1.82, 2.24) is 5.32 Å². The van der Waals surface area contributed by atoms with E-state index in [0.29, 0.717) is 17.0 Å². The minimum atomic E-state index is -0.612. The van der Waals surface area contributed by atoms with E-state index < -0.39 is 12.0 Å². The molecule has 0 radical (unpaired) electrons. The van der Waals surface area contributed by atoms with Crippen molar-refractivity contribution in [3.63, 3.8) is 0 Å². The predicted molar refractivity (Wildman–Crippen MR) is 110 cm³/mol. The Hall–Kier alpha value is -3.15. The molecule has 3 N–H and O–H groups in total. The molecule has 6 nitrogen and oxygen atoms in total. The molecule has 2 aromatic carbocycles. The van der Waals surface area contributed by atoms with Crippen molar-refractivity contribution in [2.24, 2.45) is 5.73 Å². The minimum Gasteiger partial charge on any atom is -0.454 e. The SMILES string of the molecule is NC(=O)NCc1ccc(C(=O)OCC(=O)c2ccc(C3CCCCC3)cc2)cc1. The van der Waals surface area contributed by atoms with Crippen LogP contribution in [0.3, 0.4) is 0 Å². The van der Waals surface area contributed by atoms with E-state index in [1.54, 1.807) is 24.3 Å². The summed E-state index contributed by atoms with van der Waals surface area (Å²) in [7, 11) is 0. The van der Waals surface area contributed by atoms with Gasteiger partial charge >= 0.3 is 12.0 Å². The van der Waals surface area contributed by atoms with Gasteiger partial charge in [-0.05, 0) is 42.0 Å². The van der Waals surface area contributed by atoms with E-state index in [4.69, 9.17) is 10.5 Å². The highest BCUT2D eigenvalue weighted by molar-refractivity contribution is 5.99. The summed E-state index contributed by atoms with van der Waals surface area (Å²) in [5.41, 5.74) is 7.99. The van der Waals surface area contributed by atoms with Crippen molar-refractivity contribution in [3.05, 3.63) is 70.8 Å². The monoisotopic (exact) mass is 394 g/mol. The average Bonchev–Trinajstić information content (AvgIpc) is 2.77. The van der Waals surface area contributed by atoms with Gasteiger partial charge in [0.05, 0.1) is 5.56 Å². The molecule has 6 heteroatoms. The van der Waals surface area contributed by atoms with E-state index in [0.717, 1.165) is 5.56 Å². The van der Waals surface area contributed by atoms with Gasteiger partial charge in [0, 0.05) is 12.1 Å². The van der Waals surface area contributed by atoms with Crippen LogP contribution in [0.1, 0.15) is 69.9 Å². The number of amides is 2. The zero-order chi connectivity index (χ0) is 20.6. The fourth-order valence-electron chi connectivity index (χ4n) is 3.62. The molecule has 1 fully saturated rings. The van der Waals surface area contributed by atoms with Crippen LogP contribution in [0, 0.1) is 0 Å². The molecule has 0 aromatic heterocycles. The standard InChI is InChI=1S/C23H26N2O4/c24-23(28)25-14-16-6-8-20(9-7-16)22(27)29-15-21(26)19-12-10-18(11-13-19)17-4-2-1-3-5-17/h6-13,17H,1-5,14-15H2,(H3,24,25,28). The van der Waals surface area contributed by atoms with E-state index >= 15 is 0 Å². The molecule has 2 amide bonds. The molecule has 1 aliphatic rings. The molecule has 1 saturated carbocycles. The predicted octanol–water partition coefficient (Wildman–Crippen LogP) is 3.94. The summed E-state index contributed by atoms with van der Waals surface area (Å²) < 4.78 is 5.15. The maximum absolute atomic E-state index is 12.3. The van der Waals surface area contributed by atoms with Crippen LogP contribution in [0.4, 0.5) is 4.79 Å². The molecular formula is C23H26N2O4. The summed E-state index contributed by atoms with van der Waals surface area (Å²) in [6.07, 6.45) is 6.27. The number of carbonyl (C=O) groups is 3. The lowest BCUT2D eigenvalue weighted by molar-refractivity contribution is 0.0474. The van der Waals surface area contributed by atoms with E-state index in [9.17, 15) is 14.4 Å². The van der Waals surface area contributed by atoms with E-state index in [2.05, 4.69) is 5.32 Å². The van der Waals surface area contributed by atoms with E-state index in [1.807, 2.05) is 24.3 Å². The number of rotatable bonds is 7. The summed E-state index contributed by atoms with van der Waals surface area (Å²) in [6, 6.07) is 13.6. The largest absolute Gasteiger partial charge is 0.454 e. The number of nitrogens with one attached hydrogen (secondary N) is 1. The second-order valence-corrected chi connectivity index (χ2v) is 7.37. The number of nitrogens with two attached hydrogens (primary N) is 1. The smallest absolute Gasteiger partial charge is 0.338 e. The van der Waals surface area contributed by atoms with Crippen LogP contribution >= 0.6 is 0 Å². The van der Waals surface area contributed by atoms with E-state index in [-0.39, 0.29) is 18.9 Å². The van der Waals surface area contributed by atoms with E-state index in [1.165, 1.54) is 37.7 Å². The van der Waals surface area contributed by atoms with Gasteiger partial charge in [-0.3, -0.25) is 4.79 Å². The highest BCUT2D eigenvalue weighted by atomic mass is 16.5. The molecule has 0 unspecified atom stereocenters. The summed E-state index contributed by atoms with van der Waals surface area (Å²) in [6.45, 7) is -0.0212. The first-order valence-electron chi connectivity index (χ1n) is 9.95. The van der Waals surface area contributed by atoms with Crippen LogP contribution in [0.2, 0.25) is 0 Å². The van der Waals surface area contributed by atoms with Crippen LogP contribution in [0.25, 0.3) is 0 Å². The molecule has 2 aromatic rings. The Morgan fingerprint density at radius 1 is 0.897 bits per heavy atom. The van der Waals surface area contributed by atoms with Crippen molar-refractivity contribution in [2.45, 2.75) is 44.6 Å². The molecule has 0 heterocycles. The Labute approximate surface area is 170 Å². The third kappa shape index (κ3) is 5.91. The van der Waals surface area contributed by atoms with Crippen LogP contribution in [0.5, 0.6) is 0 Å². The maximum atomic E-state index is 12.3. The fraction of sp³-hybridized carbons (Fsp3) is 0.348. The number of esters is 1. The normalized spacial score (nSPS) is 14.2. The lowest BCUT2D eigenvalue weighted by Gasteiger charge is -2.22. The number of Topliss-reactive ketones (excluding diaryl/α,β-unsaturated/α-hetero) is 1. The summed E-state index contributed by atoms with van der Waals surface area (Å²) >= 11 is 0. The molecule has 0 spiro atoms. The number of carbonyl (C=O) groups excluding carboxylic acids is 3. The van der Waals surface area contributed by atoms with Gasteiger partial charge in [-0.25, -0.2) is 9.59 Å². The highest BCUT2D eigenvalue weighted by Crippen LogP contribution is 2.32. The Morgan fingerprint density at radius 2 is 1.52 bits per heavy atom. The fourth-order valence-corrected chi connectivity index (χ4v) is 3.62. The number of ether oxygens (including phenoxy) is 1. The van der Waals surface area contributed by atoms with Crippen molar-refractivity contribution in [1.29, 1.82) is 0 Å². The van der Waals surface area contributed by atoms with Crippen LogP contribution in [-0.2, 0) is 11.3 Å². The van der Waals surface area contributed by atoms with Gasteiger partial charge in [-0.1, -0.05) is 55.7 Å². The number of primary amides is 1. The van der Waals surface area contributed by atoms with Gasteiger partial charge in [-0.15, -0.1) is 0 Å². The summed E-state index contributed by atoms with van der Waals surface area (Å²) in [5.74, 6) is -0.200. The van der Waals surface area contributed by atoms with Crippen LogP contribution in [-0.4, -0.2) is 24.4 Å². The molecule has 0 aliphatic heterocycles. The molecule has 0 atom stereocenters. The van der Waals surface area contributed by atoms with Crippen molar-refractivity contribution in [3.8, 4) is 0 Å². The quantitative estimate of drug-likeness (QED) is 0.549. The zero-order valence-electron chi connectivity index (χ0n) is 16.4. The second-order valence-electron chi connectivity index (χ2n) is 7.37. The number of ketones is 1. The maximum Gasteiger partial charge on any atom is 0.338 e. The minimum absolute atomic E-state index is 0.226. The van der Waals surface area contributed by atoms with Crippen molar-refractivity contribution >= 4 is 17.8 Å². The summed E-state index contributed by atoms with van der Waals surface area (Å²) in [4.78, 5) is 35.2. The molecular weight excluding hydrogens is 368 g/mol. The molecule has 29 heavy (non-hydrogen) atoms. The lowest BCUT2D eigenvalue weighted by Crippen LogP contribution is -2.28. The molecule has 152 valence electrons. The lowest BCUT2D eigenvalue weighted by atomic mass is 9.84. The first-order valence-corrected chi connectivity index (χ1v) is 9.95. The number of hydrogen-bond donors (Lipinski definition) is 2. The second kappa shape index (κ2) is 9.87. The first-order chi connectivity index (χ1) is 14.0.